The smallest absolute Gasteiger partial charge is 0.325 e. The molecular formula is C18H22N4O5. The molecule has 1 aliphatic rings. The molecule has 0 saturated heterocycles. The standard InChI is InChI=1S/C18H22N4O5/c1-25-11-4-5-14(26-2)12(8-11)17-16-13(20-10-21-16)6-7-22(17)18(24)19-9-15(23)27-3/h4-5,8,10,17H,6-7,9H2,1-3H3,(H,19,24)(H,20,21). The molecule has 9 heteroatoms. The van der Waals surface area contributed by atoms with Gasteiger partial charge in [0.2, 0.25) is 0 Å². The Labute approximate surface area is 156 Å². The Bertz CT molecular complexity index is 835. The molecule has 2 aromatic rings. The number of methoxy groups -OCH3 is 3. The molecule has 2 amide bonds. The van der Waals surface area contributed by atoms with Gasteiger partial charge in [0.05, 0.1) is 33.4 Å². The number of H-pyrrole nitrogens is 1. The van der Waals surface area contributed by atoms with Crippen molar-refractivity contribution in [1.29, 1.82) is 0 Å². The van der Waals surface area contributed by atoms with Crippen molar-refractivity contribution in [1.82, 2.24) is 20.2 Å². The molecule has 9 nitrogen and oxygen atoms in total. The number of esters is 1. The number of carbonyl (C=O) groups is 2. The Morgan fingerprint density at radius 3 is 2.81 bits per heavy atom. The average Bonchev–Trinajstić information content (AvgIpc) is 3.19. The Balaban J connectivity index is 2.00. The highest BCUT2D eigenvalue weighted by molar-refractivity contribution is 5.81. The second-order valence-electron chi connectivity index (χ2n) is 5.95. The molecule has 1 aliphatic heterocycles. The van der Waals surface area contributed by atoms with E-state index in [2.05, 4.69) is 20.0 Å². The van der Waals surface area contributed by atoms with Crippen LogP contribution in [0.5, 0.6) is 11.5 Å². The maximum absolute atomic E-state index is 12.8. The zero-order valence-electron chi connectivity index (χ0n) is 15.4. The second-order valence-corrected chi connectivity index (χ2v) is 5.95. The van der Waals surface area contributed by atoms with Gasteiger partial charge in [0.25, 0.3) is 0 Å². The third-order valence-electron chi connectivity index (χ3n) is 4.53. The molecule has 0 radical (unpaired) electrons. The van der Waals surface area contributed by atoms with Gasteiger partial charge >= 0.3 is 12.0 Å². The quantitative estimate of drug-likeness (QED) is 0.763. The lowest BCUT2D eigenvalue weighted by Crippen LogP contribution is -2.47. The van der Waals surface area contributed by atoms with Gasteiger partial charge < -0.3 is 29.4 Å². The van der Waals surface area contributed by atoms with Crippen LogP contribution in [0.2, 0.25) is 0 Å². The number of benzene rings is 1. The van der Waals surface area contributed by atoms with Crippen molar-refractivity contribution >= 4 is 12.0 Å². The van der Waals surface area contributed by atoms with E-state index in [1.807, 2.05) is 6.07 Å². The summed E-state index contributed by atoms with van der Waals surface area (Å²) in [5.41, 5.74) is 2.45. The Kier molecular flexibility index (Phi) is 5.49. The summed E-state index contributed by atoms with van der Waals surface area (Å²) in [4.78, 5) is 33.3. The van der Waals surface area contributed by atoms with E-state index in [0.29, 0.717) is 24.5 Å². The number of fused-ring (bicyclic) bond motifs is 1. The van der Waals surface area contributed by atoms with Crippen LogP contribution in [0.25, 0.3) is 0 Å². The molecule has 1 aromatic carbocycles. The van der Waals surface area contributed by atoms with E-state index in [4.69, 9.17) is 9.47 Å². The predicted octanol–water partition coefficient (Wildman–Crippen LogP) is 1.26. The fourth-order valence-corrected chi connectivity index (χ4v) is 3.19. The first-order valence-electron chi connectivity index (χ1n) is 8.44. The molecular weight excluding hydrogens is 352 g/mol. The summed E-state index contributed by atoms with van der Waals surface area (Å²) in [6.07, 6.45) is 2.24. The van der Waals surface area contributed by atoms with E-state index in [-0.39, 0.29) is 12.6 Å². The van der Waals surface area contributed by atoms with Gasteiger partial charge in [-0.2, -0.15) is 0 Å². The van der Waals surface area contributed by atoms with Crippen LogP contribution in [0.4, 0.5) is 4.79 Å². The summed E-state index contributed by atoms with van der Waals surface area (Å²) < 4.78 is 15.4. The number of aromatic amines is 1. The number of urea groups is 1. The van der Waals surface area contributed by atoms with Gasteiger partial charge in [-0.3, -0.25) is 4.79 Å². The number of hydrogen-bond acceptors (Lipinski definition) is 6. The first kappa shape index (κ1) is 18.6. The SMILES string of the molecule is COC(=O)CNC(=O)N1CCc2[nH]cnc2C1c1cc(OC)ccc1OC. The number of aromatic nitrogens is 2. The van der Waals surface area contributed by atoms with E-state index in [0.717, 1.165) is 17.0 Å². The van der Waals surface area contributed by atoms with Gasteiger partial charge in [0.1, 0.15) is 24.1 Å². The van der Waals surface area contributed by atoms with Crippen LogP contribution in [0.1, 0.15) is 23.0 Å². The molecule has 2 N–H and O–H groups in total. The molecule has 1 aromatic heterocycles. The van der Waals surface area contributed by atoms with E-state index in [1.165, 1.54) is 7.11 Å². The van der Waals surface area contributed by atoms with Crippen molar-refractivity contribution in [3.8, 4) is 11.5 Å². The number of imidazole rings is 1. The van der Waals surface area contributed by atoms with Crippen LogP contribution in [0.15, 0.2) is 24.5 Å². The van der Waals surface area contributed by atoms with Crippen LogP contribution < -0.4 is 14.8 Å². The monoisotopic (exact) mass is 374 g/mol. The highest BCUT2D eigenvalue weighted by Gasteiger charge is 2.36. The highest BCUT2D eigenvalue weighted by atomic mass is 16.5. The molecule has 0 spiro atoms. The van der Waals surface area contributed by atoms with Gasteiger partial charge in [-0.1, -0.05) is 0 Å². The highest BCUT2D eigenvalue weighted by Crippen LogP contribution is 2.39. The van der Waals surface area contributed by atoms with Gasteiger partial charge in [-0.15, -0.1) is 0 Å². The van der Waals surface area contributed by atoms with Crippen molar-refractivity contribution in [3.05, 3.63) is 41.5 Å². The average molecular weight is 374 g/mol. The van der Waals surface area contributed by atoms with Gasteiger partial charge in [0.15, 0.2) is 0 Å². The summed E-state index contributed by atoms with van der Waals surface area (Å²) in [5, 5.41) is 2.59. The summed E-state index contributed by atoms with van der Waals surface area (Å²) >= 11 is 0. The second kappa shape index (κ2) is 7.98. The minimum atomic E-state index is -0.517. The molecule has 2 heterocycles. The van der Waals surface area contributed by atoms with Crippen molar-refractivity contribution in [2.24, 2.45) is 0 Å². The van der Waals surface area contributed by atoms with E-state index in [1.54, 1.807) is 37.6 Å². The minimum Gasteiger partial charge on any atom is -0.497 e. The third-order valence-corrected chi connectivity index (χ3v) is 4.53. The largest absolute Gasteiger partial charge is 0.497 e. The van der Waals surface area contributed by atoms with E-state index < -0.39 is 12.0 Å². The Morgan fingerprint density at radius 2 is 2.11 bits per heavy atom. The number of nitrogens with zero attached hydrogens (tertiary/aromatic N) is 2. The minimum absolute atomic E-state index is 0.207. The predicted molar refractivity (Wildman–Crippen MR) is 95.8 cm³/mol. The fourth-order valence-electron chi connectivity index (χ4n) is 3.19. The zero-order chi connectivity index (χ0) is 19.4. The summed E-state index contributed by atoms with van der Waals surface area (Å²) in [6.45, 7) is 0.244. The number of nitrogens with one attached hydrogen (secondary N) is 2. The molecule has 0 aliphatic carbocycles. The van der Waals surface area contributed by atoms with Crippen molar-refractivity contribution < 1.29 is 23.8 Å². The van der Waals surface area contributed by atoms with Crippen molar-refractivity contribution in [2.75, 3.05) is 34.4 Å². The summed E-state index contributed by atoms with van der Waals surface area (Å²) in [6, 6.07) is 4.54. The lowest BCUT2D eigenvalue weighted by Gasteiger charge is -2.35. The van der Waals surface area contributed by atoms with Gasteiger partial charge in [-0.05, 0) is 18.2 Å². The van der Waals surface area contributed by atoms with Crippen LogP contribution in [-0.2, 0) is 16.0 Å². The third kappa shape index (κ3) is 3.67. The van der Waals surface area contributed by atoms with Crippen LogP contribution in [0.3, 0.4) is 0 Å². The number of ether oxygens (including phenoxy) is 3. The molecule has 144 valence electrons. The summed E-state index contributed by atoms with van der Waals surface area (Å²) in [5.74, 6) is 0.738. The van der Waals surface area contributed by atoms with Crippen molar-refractivity contribution in [3.63, 3.8) is 0 Å². The molecule has 1 unspecified atom stereocenters. The zero-order valence-corrected chi connectivity index (χ0v) is 15.4. The number of amides is 2. The van der Waals surface area contributed by atoms with Gasteiger partial charge in [0, 0.05) is 24.2 Å². The van der Waals surface area contributed by atoms with E-state index >= 15 is 0 Å². The first-order chi connectivity index (χ1) is 13.1. The molecule has 1 atom stereocenters. The van der Waals surface area contributed by atoms with Crippen LogP contribution in [-0.4, -0.2) is 61.3 Å². The number of carbonyl (C=O) groups excluding carboxylic acids is 2. The summed E-state index contributed by atoms with van der Waals surface area (Å²) in [7, 11) is 4.42. The lowest BCUT2D eigenvalue weighted by molar-refractivity contribution is -0.139. The molecule has 0 fully saturated rings. The van der Waals surface area contributed by atoms with Crippen molar-refractivity contribution in [2.45, 2.75) is 12.5 Å². The molecule has 3 rings (SSSR count). The molecule has 0 saturated carbocycles. The van der Waals surface area contributed by atoms with Gasteiger partial charge in [-0.25, -0.2) is 9.78 Å². The van der Waals surface area contributed by atoms with E-state index in [9.17, 15) is 9.59 Å². The number of hydrogen-bond donors (Lipinski definition) is 2. The normalized spacial score (nSPS) is 15.7. The number of rotatable bonds is 5. The Morgan fingerprint density at radius 1 is 1.30 bits per heavy atom. The maximum Gasteiger partial charge on any atom is 0.325 e. The topological polar surface area (TPSA) is 106 Å². The maximum atomic E-state index is 12.8. The van der Waals surface area contributed by atoms with Crippen LogP contribution >= 0.6 is 0 Å². The Hall–Kier alpha value is -3.23. The van der Waals surface area contributed by atoms with Crippen LogP contribution in [0, 0.1) is 0 Å². The molecule has 27 heavy (non-hydrogen) atoms. The lowest BCUT2D eigenvalue weighted by atomic mass is 9.95. The fraction of sp³-hybridized carbons (Fsp3) is 0.389. The molecule has 0 bridgehead atoms. The first-order valence-corrected chi connectivity index (χ1v) is 8.44.